The van der Waals surface area contributed by atoms with Gasteiger partial charge in [0.05, 0.1) is 6.10 Å². The first-order valence-corrected chi connectivity index (χ1v) is 4.59. The zero-order chi connectivity index (χ0) is 11.3. The predicted molar refractivity (Wildman–Crippen MR) is 52.6 cm³/mol. The number of ether oxygens (including phenoxy) is 1. The summed E-state index contributed by atoms with van der Waals surface area (Å²) in [5.41, 5.74) is 10.4. The molecule has 0 bridgehead atoms. The minimum Gasteiger partial charge on any atom is -0.391 e. The van der Waals surface area contributed by atoms with Gasteiger partial charge in [0.25, 0.3) is 0 Å². The lowest BCUT2D eigenvalue weighted by molar-refractivity contribution is -0.162. The van der Waals surface area contributed by atoms with E-state index in [4.69, 9.17) is 16.6 Å². The maximum absolute atomic E-state index is 11.0. The Morgan fingerprint density at radius 3 is 2.29 bits per heavy atom. The predicted octanol–water partition coefficient (Wildman–Crippen LogP) is -1.98. The van der Waals surface area contributed by atoms with Crippen molar-refractivity contribution in [2.45, 2.75) is 25.1 Å². The van der Waals surface area contributed by atoms with Crippen LogP contribution in [0.25, 0.3) is 0 Å². The Morgan fingerprint density at radius 2 is 1.93 bits per heavy atom. The number of aliphatic hydroxyl groups is 1. The summed E-state index contributed by atoms with van der Waals surface area (Å²) >= 11 is 3.75. The standard InChI is InChI=1S/C7H14N2O4S/c1-3(10)5(9)7(12)13-6(11)4(8)2-14/h3-5,10,14H,2,8-9H2,1H3/t3-,4+,5+/m1/s1. The molecule has 0 aliphatic carbocycles. The molecule has 0 fully saturated rings. The molecule has 0 saturated heterocycles. The average Bonchev–Trinajstić information content (AvgIpc) is 2.14. The third-order valence-corrected chi connectivity index (χ3v) is 1.89. The molecule has 6 nitrogen and oxygen atoms in total. The van der Waals surface area contributed by atoms with Crippen molar-refractivity contribution in [1.82, 2.24) is 0 Å². The molecule has 3 atom stereocenters. The van der Waals surface area contributed by atoms with Crippen molar-refractivity contribution >= 4 is 24.6 Å². The lowest BCUT2D eigenvalue weighted by Crippen LogP contribution is -2.45. The van der Waals surface area contributed by atoms with E-state index in [1.807, 2.05) is 0 Å². The molecule has 82 valence electrons. The third-order valence-electron chi connectivity index (χ3n) is 1.49. The maximum Gasteiger partial charge on any atom is 0.333 e. The molecule has 0 amide bonds. The Morgan fingerprint density at radius 1 is 1.43 bits per heavy atom. The summed E-state index contributed by atoms with van der Waals surface area (Å²) in [6, 6.07) is -2.21. The molecule has 0 aliphatic rings. The van der Waals surface area contributed by atoms with E-state index in [2.05, 4.69) is 17.4 Å². The molecule has 0 radical (unpaired) electrons. The van der Waals surface area contributed by atoms with Gasteiger partial charge in [0.2, 0.25) is 0 Å². The smallest absolute Gasteiger partial charge is 0.333 e. The highest BCUT2D eigenvalue weighted by Crippen LogP contribution is 1.95. The van der Waals surface area contributed by atoms with Crippen molar-refractivity contribution in [3.63, 3.8) is 0 Å². The average molecular weight is 222 g/mol. The van der Waals surface area contributed by atoms with Crippen molar-refractivity contribution in [2.24, 2.45) is 11.5 Å². The van der Waals surface area contributed by atoms with Crippen molar-refractivity contribution in [3.05, 3.63) is 0 Å². The van der Waals surface area contributed by atoms with E-state index < -0.39 is 30.1 Å². The largest absolute Gasteiger partial charge is 0.391 e. The first kappa shape index (κ1) is 13.4. The zero-order valence-electron chi connectivity index (χ0n) is 7.71. The van der Waals surface area contributed by atoms with Crippen LogP contribution in [0.2, 0.25) is 0 Å². The van der Waals surface area contributed by atoms with E-state index in [0.717, 1.165) is 0 Å². The fourth-order valence-corrected chi connectivity index (χ4v) is 0.663. The molecular formula is C7H14N2O4S. The molecule has 0 spiro atoms. The summed E-state index contributed by atoms with van der Waals surface area (Å²) in [7, 11) is 0. The lowest BCUT2D eigenvalue weighted by Gasteiger charge is -2.13. The minimum atomic E-state index is -1.24. The van der Waals surface area contributed by atoms with Crippen LogP contribution in [0.3, 0.4) is 0 Å². The van der Waals surface area contributed by atoms with Gasteiger partial charge in [-0.15, -0.1) is 0 Å². The molecule has 7 heteroatoms. The number of carbonyl (C=O) groups is 2. The zero-order valence-corrected chi connectivity index (χ0v) is 8.61. The van der Waals surface area contributed by atoms with Crippen LogP contribution in [-0.4, -0.2) is 41.0 Å². The molecule has 0 unspecified atom stereocenters. The van der Waals surface area contributed by atoms with Crippen LogP contribution >= 0.6 is 12.6 Å². The number of aliphatic hydroxyl groups excluding tert-OH is 1. The second-order valence-corrected chi connectivity index (χ2v) is 3.16. The molecule has 0 aromatic rings. The van der Waals surface area contributed by atoms with Gasteiger partial charge in [0.1, 0.15) is 12.1 Å². The van der Waals surface area contributed by atoms with Gasteiger partial charge < -0.3 is 21.3 Å². The van der Waals surface area contributed by atoms with Crippen LogP contribution in [0.4, 0.5) is 0 Å². The van der Waals surface area contributed by atoms with E-state index in [9.17, 15) is 9.59 Å². The fraction of sp³-hybridized carbons (Fsp3) is 0.714. The highest BCUT2D eigenvalue weighted by molar-refractivity contribution is 7.80. The summed E-state index contributed by atoms with van der Waals surface area (Å²) in [6.45, 7) is 1.31. The lowest BCUT2D eigenvalue weighted by atomic mass is 10.2. The second kappa shape index (κ2) is 5.97. The molecule has 0 heterocycles. The third kappa shape index (κ3) is 4.05. The molecule has 0 aromatic carbocycles. The summed E-state index contributed by atoms with van der Waals surface area (Å²) in [5.74, 6) is -1.83. The van der Waals surface area contributed by atoms with E-state index in [1.54, 1.807) is 0 Å². The van der Waals surface area contributed by atoms with Gasteiger partial charge in [-0.2, -0.15) is 12.6 Å². The summed E-state index contributed by atoms with van der Waals surface area (Å²) in [5, 5.41) is 8.92. The van der Waals surface area contributed by atoms with E-state index in [-0.39, 0.29) is 5.75 Å². The van der Waals surface area contributed by atoms with Crippen LogP contribution < -0.4 is 11.5 Å². The van der Waals surface area contributed by atoms with Gasteiger partial charge in [-0.3, -0.25) is 0 Å². The van der Waals surface area contributed by atoms with Crippen molar-refractivity contribution < 1.29 is 19.4 Å². The number of carbonyl (C=O) groups excluding carboxylic acids is 2. The highest BCUT2D eigenvalue weighted by Gasteiger charge is 2.25. The normalized spacial score (nSPS) is 16.9. The van der Waals surface area contributed by atoms with Gasteiger partial charge in [0.15, 0.2) is 0 Å². The first-order chi connectivity index (χ1) is 6.40. The summed E-state index contributed by atoms with van der Waals surface area (Å²) < 4.78 is 4.29. The fourth-order valence-electron chi connectivity index (χ4n) is 0.514. The molecule has 5 N–H and O–H groups in total. The van der Waals surface area contributed by atoms with Crippen molar-refractivity contribution in [3.8, 4) is 0 Å². The quantitative estimate of drug-likeness (QED) is 0.249. The molecule has 0 rings (SSSR count). The minimum absolute atomic E-state index is 0.0655. The summed E-state index contributed by atoms with van der Waals surface area (Å²) in [4.78, 5) is 22.0. The van der Waals surface area contributed by atoms with Crippen molar-refractivity contribution in [2.75, 3.05) is 5.75 Å². The Kier molecular flexibility index (Phi) is 5.70. The van der Waals surface area contributed by atoms with Gasteiger partial charge in [0, 0.05) is 5.75 Å². The highest BCUT2D eigenvalue weighted by atomic mass is 32.1. The van der Waals surface area contributed by atoms with Gasteiger partial charge >= 0.3 is 11.9 Å². The Labute approximate surface area is 87.0 Å². The monoisotopic (exact) mass is 222 g/mol. The molecule has 0 aromatic heterocycles. The number of hydrogen-bond acceptors (Lipinski definition) is 7. The van der Waals surface area contributed by atoms with Crippen molar-refractivity contribution in [1.29, 1.82) is 0 Å². The van der Waals surface area contributed by atoms with Crippen LogP contribution in [0.5, 0.6) is 0 Å². The Bertz CT molecular complexity index is 222. The Hall–Kier alpha value is -0.630. The SMILES string of the molecule is C[C@@H](O)[C@H](N)C(=O)OC(=O)[C@@H](N)CS. The Balaban J connectivity index is 4.13. The van der Waals surface area contributed by atoms with Crippen LogP contribution in [0.1, 0.15) is 6.92 Å². The van der Waals surface area contributed by atoms with Crippen LogP contribution in [0, 0.1) is 0 Å². The first-order valence-electron chi connectivity index (χ1n) is 3.95. The van der Waals surface area contributed by atoms with E-state index >= 15 is 0 Å². The van der Waals surface area contributed by atoms with Gasteiger partial charge in [-0.05, 0) is 6.92 Å². The van der Waals surface area contributed by atoms with Gasteiger partial charge in [-0.1, -0.05) is 0 Å². The second-order valence-electron chi connectivity index (χ2n) is 2.80. The summed E-state index contributed by atoms with van der Waals surface area (Å²) in [6.07, 6.45) is -1.08. The number of thiol groups is 1. The van der Waals surface area contributed by atoms with Crippen LogP contribution in [0.15, 0.2) is 0 Å². The maximum atomic E-state index is 11.0. The van der Waals surface area contributed by atoms with Gasteiger partial charge in [-0.25, -0.2) is 9.59 Å². The molecule has 0 aliphatic heterocycles. The van der Waals surface area contributed by atoms with E-state index in [0.29, 0.717) is 0 Å². The molecule has 14 heavy (non-hydrogen) atoms. The van der Waals surface area contributed by atoms with Crippen LogP contribution in [-0.2, 0) is 14.3 Å². The molecule has 0 saturated carbocycles. The number of rotatable bonds is 4. The number of esters is 2. The topological polar surface area (TPSA) is 116 Å². The number of nitrogens with two attached hydrogens (primary N) is 2. The number of hydrogen-bond donors (Lipinski definition) is 4. The molecular weight excluding hydrogens is 208 g/mol. The van der Waals surface area contributed by atoms with E-state index in [1.165, 1.54) is 6.92 Å².